The number of hydrogen-bond donors (Lipinski definition) is 2. The van der Waals surface area contributed by atoms with Crippen LogP contribution in [0, 0.1) is 0 Å². The maximum atomic E-state index is 13.0. The zero-order chi connectivity index (χ0) is 22.6. The maximum Gasteiger partial charge on any atom is 0.325 e. The van der Waals surface area contributed by atoms with E-state index in [-0.39, 0.29) is 6.54 Å². The number of amides is 4. The summed E-state index contributed by atoms with van der Waals surface area (Å²) < 4.78 is 15.7. The number of rotatable bonds is 8. The highest BCUT2D eigenvalue weighted by molar-refractivity contribution is 6.09. The van der Waals surface area contributed by atoms with E-state index in [9.17, 15) is 14.4 Å². The molecular formula is C22H25N3O6. The molecule has 0 saturated carbocycles. The van der Waals surface area contributed by atoms with Gasteiger partial charge in [0.25, 0.3) is 5.91 Å². The van der Waals surface area contributed by atoms with Crippen LogP contribution >= 0.6 is 0 Å². The molecule has 1 heterocycles. The Morgan fingerprint density at radius 3 is 2.35 bits per heavy atom. The highest BCUT2D eigenvalue weighted by atomic mass is 16.5. The molecule has 2 N–H and O–H groups in total. The van der Waals surface area contributed by atoms with Gasteiger partial charge < -0.3 is 24.8 Å². The van der Waals surface area contributed by atoms with E-state index in [0.29, 0.717) is 28.4 Å². The minimum absolute atomic E-state index is 0.151. The van der Waals surface area contributed by atoms with E-state index < -0.39 is 29.9 Å². The van der Waals surface area contributed by atoms with Crippen molar-refractivity contribution in [1.29, 1.82) is 0 Å². The summed E-state index contributed by atoms with van der Waals surface area (Å²) in [7, 11) is 4.58. The van der Waals surface area contributed by atoms with Crippen molar-refractivity contribution < 1.29 is 28.6 Å². The van der Waals surface area contributed by atoms with Crippen LogP contribution in [-0.2, 0) is 21.7 Å². The Kier molecular flexibility index (Phi) is 6.33. The topological polar surface area (TPSA) is 106 Å². The summed E-state index contributed by atoms with van der Waals surface area (Å²) in [5.74, 6) is 0.698. The van der Waals surface area contributed by atoms with E-state index in [1.807, 2.05) is 0 Å². The summed E-state index contributed by atoms with van der Waals surface area (Å²) in [4.78, 5) is 38.8. The van der Waals surface area contributed by atoms with Crippen LogP contribution in [0.3, 0.4) is 0 Å². The number of urea groups is 1. The molecule has 0 radical (unpaired) electrons. The van der Waals surface area contributed by atoms with Gasteiger partial charge in [-0.25, -0.2) is 4.79 Å². The zero-order valence-corrected chi connectivity index (χ0v) is 17.9. The Morgan fingerprint density at radius 2 is 1.74 bits per heavy atom. The fourth-order valence-electron chi connectivity index (χ4n) is 3.45. The van der Waals surface area contributed by atoms with Gasteiger partial charge in [0.15, 0.2) is 11.5 Å². The second-order valence-corrected chi connectivity index (χ2v) is 7.10. The van der Waals surface area contributed by atoms with E-state index in [4.69, 9.17) is 14.2 Å². The number of ether oxygens (including phenoxy) is 3. The van der Waals surface area contributed by atoms with E-state index in [2.05, 4.69) is 10.6 Å². The van der Waals surface area contributed by atoms with Crippen LogP contribution in [0.2, 0.25) is 0 Å². The summed E-state index contributed by atoms with van der Waals surface area (Å²) in [6.45, 7) is 1.36. The second kappa shape index (κ2) is 8.95. The van der Waals surface area contributed by atoms with Crippen molar-refractivity contribution in [3.05, 3.63) is 53.6 Å². The second-order valence-electron chi connectivity index (χ2n) is 7.10. The van der Waals surface area contributed by atoms with E-state index >= 15 is 0 Å². The van der Waals surface area contributed by atoms with Gasteiger partial charge in [0.05, 0.1) is 21.3 Å². The summed E-state index contributed by atoms with van der Waals surface area (Å²) >= 11 is 0. The molecular weight excluding hydrogens is 402 g/mol. The number of imide groups is 1. The molecule has 1 unspecified atom stereocenters. The van der Waals surface area contributed by atoms with Gasteiger partial charge in [0.2, 0.25) is 5.91 Å². The lowest BCUT2D eigenvalue weighted by Gasteiger charge is -2.22. The summed E-state index contributed by atoms with van der Waals surface area (Å²) in [6, 6.07) is 11.5. The number of nitrogens with zero attached hydrogens (tertiary/aromatic N) is 1. The predicted molar refractivity (Wildman–Crippen MR) is 112 cm³/mol. The molecule has 164 valence electrons. The van der Waals surface area contributed by atoms with Gasteiger partial charge in [0.1, 0.15) is 17.8 Å². The van der Waals surface area contributed by atoms with Crippen molar-refractivity contribution in [2.75, 3.05) is 27.9 Å². The molecule has 2 aromatic carbocycles. The van der Waals surface area contributed by atoms with Crippen molar-refractivity contribution in [1.82, 2.24) is 15.5 Å². The molecule has 9 nitrogen and oxygen atoms in total. The van der Waals surface area contributed by atoms with Crippen LogP contribution in [-0.4, -0.2) is 50.6 Å². The minimum Gasteiger partial charge on any atom is -0.497 e. The largest absolute Gasteiger partial charge is 0.497 e. The van der Waals surface area contributed by atoms with Gasteiger partial charge in [-0.3, -0.25) is 14.5 Å². The fraction of sp³-hybridized carbons (Fsp3) is 0.318. The first kappa shape index (κ1) is 21.9. The van der Waals surface area contributed by atoms with Crippen LogP contribution in [0.25, 0.3) is 0 Å². The lowest BCUT2D eigenvalue weighted by Crippen LogP contribution is -2.43. The molecule has 1 fully saturated rings. The molecule has 31 heavy (non-hydrogen) atoms. The first-order valence-corrected chi connectivity index (χ1v) is 9.59. The number of methoxy groups -OCH3 is 3. The monoisotopic (exact) mass is 427 g/mol. The van der Waals surface area contributed by atoms with Crippen molar-refractivity contribution in [2.45, 2.75) is 19.0 Å². The smallest absolute Gasteiger partial charge is 0.325 e. The number of nitrogens with one attached hydrogen (secondary N) is 2. The Hall–Kier alpha value is -3.75. The molecule has 4 amide bonds. The predicted octanol–water partition coefficient (Wildman–Crippen LogP) is 1.80. The third kappa shape index (κ3) is 4.25. The Morgan fingerprint density at radius 1 is 1.03 bits per heavy atom. The van der Waals surface area contributed by atoms with E-state index in [1.165, 1.54) is 14.2 Å². The Labute approximate surface area is 180 Å². The third-order valence-electron chi connectivity index (χ3n) is 5.20. The summed E-state index contributed by atoms with van der Waals surface area (Å²) in [5, 5.41) is 5.39. The molecule has 0 bridgehead atoms. The van der Waals surface area contributed by atoms with E-state index in [0.717, 1.165) is 4.90 Å². The zero-order valence-electron chi connectivity index (χ0n) is 17.9. The molecule has 0 aromatic heterocycles. The molecule has 3 rings (SSSR count). The SMILES string of the molecule is COc1ccc(C2(C)NC(=O)N(CC(=O)NCc3cccc(OC)c3OC)C2=O)cc1. The minimum atomic E-state index is -1.26. The third-order valence-corrected chi connectivity index (χ3v) is 5.20. The lowest BCUT2D eigenvalue weighted by molar-refractivity contribution is -0.134. The van der Waals surface area contributed by atoms with Crippen molar-refractivity contribution >= 4 is 17.8 Å². The van der Waals surface area contributed by atoms with Gasteiger partial charge in [-0.15, -0.1) is 0 Å². The fourth-order valence-corrected chi connectivity index (χ4v) is 3.45. The molecule has 1 aliphatic rings. The molecule has 9 heteroatoms. The van der Waals surface area contributed by atoms with Crippen LogP contribution in [0.4, 0.5) is 4.79 Å². The van der Waals surface area contributed by atoms with Crippen LogP contribution in [0.5, 0.6) is 17.2 Å². The van der Waals surface area contributed by atoms with Gasteiger partial charge in [-0.2, -0.15) is 0 Å². The lowest BCUT2D eigenvalue weighted by atomic mass is 9.92. The first-order chi connectivity index (χ1) is 14.8. The first-order valence-electron chi connectivity index (χ1n) is 9.59. The standard InChI is InChI=1S/C22H25N3O6/c1-22(15-8-10-16(29-2)11-9-15)20(27)25(21(28)24-22)13-18(26)23-12-14-6-5-7-17(30-3)19(14)31-4/h5-11H,12-13H2,1-4H3,(H,23,26)(H,24,28). The normalized spacial score (nSPS) is 17.9. The molecule has 0 aliphatic carbocycles. The highest BCUT2D eigenvalue weighted by Crippen LogP contribution is 2.31. The van der Waals surface area contributed by atoms with Gasteiger partial charge in [0, 0.05) is 12.1 Å². The molecule has 2 aromatic rings. The van der Waals surface area contributed by atoms with Gasteiger partial charge in [-0.1, -0.05) is 24.3 Å². The maximum absolute atomic E-state index is 13.0. The van der Waals surface area contributed by atoms with E-state index in [1.54, 1.807) is 56.5 Å². The number of carbonyl (C=O) groups excluding carboxylic acids is 3. The molecule has 1 atom stereocenters. The number of benzene rings is 2. The number of hydrogen-bond acceptors (Lipinski definition) is 6. The molecule has 1 aliphatic heterocycles. The van der Waals surface area contributed by atoms with Crippen molar-refractivity contribution in [2.24, 2.45) is 0 Å². The quantitative estimate of drug-likeness (QED) is 0.623. The van der Waals surface area contributed by atoms with Crippen LogP contribution in [0.1, 0.15) is 18.1 Å². The average molecular weight is 427 g/mol. The van der Waals surface area contributed by atoms with Gasteiger partial charge in [-0.05, 0) is 30.7 Å². The highest BCUT2D eigenvalue weighted by Gasteiger charge is 2.49. The van der Waals surface area contributed by atoms with Crippen molar-refractivity contribution in [3.63, 3.8) is 0 Å². The van der Waals surface area contributed by atoms with Gasteiger partial charge >= 0.3 is 6.03 Å². The van der Waals surface area contributed by atoms with Crippen molar-refractivity contribution in [3.8, 4) is 17.2 Å². The van der Waals surface area contributed by atoms with Crippen LogP contribution < -0.4 is 24.8 Å². The Balaban J connectivity index is 1.68. The summed E-state index contributed by atoms with van der Waals surface area (Å²) in [6.07, 6.45) is 0. The molecule has 0 spiro atoms. The Bertz CT molecular complexity index is 991. The summed E-state index contributed by atoms with van der Waals surface area (Å²) in [5.41, 5.74) is 0.0331. The van der Waals surface area contributed by atoms with Crippen LogP contribution in [0.15, 0.2) is 42.5 Å². The number of carbonyl (C=O) groups is 3. The molecule has 1 saturated heterocycles. The number of para-hydroxylation sites is 1. The average Bonchev–Trinajstić information content (AvgIpc) is 3.01.